The van der Waals surface area contributed by atoms with E-state index in [9.17, 15) is 0 Å². The highest BCUT2D eigenvalue weighted by atomic mass is 33.1. The lowest BCUT2D eigenvalue weighted by molar-refractivity contribution is 0.411. The molecule has 0 heterocycles. The van der Waals surface area contributed by atoms with Crippen LogP contribution in [0.1, 0.15) is 46.5 Å². The van der Waals surface area contributed by atoms with Crippen molar-refractivity contribution in [3.8, 4) is 0 Å². The minimum Gasteiger partial charge on any atom is -0.357 e. The largest absolute Gasteiger partial charge is 0.357 e. The molecule has 0 aliphatic carbocycles. The number of hydrogen-bond acceptors (Lipinski definition) is 3. The predicted octanol–water partition coefficient (Wildman–Crippen LogP) is 4.57. The van der Waals surface area contributed by atoms with Gasteiger partial charge >= 0.3 is 0 Å². The van der Waals surface area contributed by atoms with Gasteiger partial charge in [-0.05, 0) is 23.6 Å². The average Bonchev–Trinajstić information content (AvgIpc) is 2.26. The number of nitrogens with zero attached hydrogens (tertiary/aromatic N) is 1. The molecule has 0 spiro atoms. The summed E-state index contributed by atoms with van der Waals surface area (Å²) in [5, 5.41) is 0. The van der Waals surface area contributed by atoms with E-state index in [-0.39, 0.29) is 0 Å². The molecular weight excluding hydrogens is 242 g/mol. The molecule has 0 radical (unpaired) electrons. The van der Waals surface area contributed by atoms with Crippen molar-refractivity contribution >= 4 is 38.1 Å². The summed E-state index contributed by atoms with van der Waals surface area (Å²) in [6.45, 7) is 8.89. The topological polar surface area (TPSA) is 3.24 Å². The second-order valence-corrected chi connectivity index (χ2v) is 6.67. The number of rotatable bonds is 8. The van der Waals surface area contributed by atoms with E-state index in [2.05, 4.69) is 25.7 Å². The molecular formula is C11H23NS3. The lowest BCUT2D eigenvalue weighted by Gasteiger charge is -2.23. The Balaban J connectivity index is 3.90. The molecule has 0 atom stereocenters. The molecule has 0 saturated carbocycles. The third kappa shape index (κ3) is 8.40. The molecule has 90 valence electrons. The molecule has 0 aromatic carbocycles. The molecule has 0 rings (SSSR count). The summed E-state index contributed by atoms with van der Waals surface area (Å²) in [5.74, 6) is 1.13. The van der Waals surface area contributed by atoms with Crippen LogP contribution in [0.3, 0.4) is 0 Å². The van der Waals surface area contributed by atoms with E-state index in [1.165, 1.54) is 25.7 Å². The zero-order valence-electron chi connectivity index (χ0n) is 10.1. The van der Waals surface area contributed by atoms with Gasteiger partial charge in [-0.15, -0.1) is 0 Å². The maximum Gasteiger partial charge on any atom is 0.147 e. The summed E-state index contributed by atoms with van der Waals surface area (Å²) in [5.41, 5.74) is 0. The number of hydrogen-bond donors (Lipinski definition) is 0. The van der Waals surface area contributed by atoms with Gasteiger partial charge in [0.25, 0.3) is 0 Å². The van der Waals surface area contributed by atoms with Gasteiger partial charge in [-0.1, -0.05) is 56.6 Å². The smallest absolute Gasteiger partial charge is 0.147 e. The Hall–Kier alpha value is 0.590. The fraction of sp³-hybridized carbons (Fsp3) is 0.909. The van der Waals surface area contributed by atoms with Gasteiger partial charge in [-0.3, -0.25) is 0 Å². The molecule has 15 heavy (non-hydrogen) atoms. The van der Waals surface area contributed by atoms with E-state index in [0.717, 1.165) is 23.2 Å². The molecule has 0 saturated heterocycles. The second kappa shape index (κ2) is 11.1. The van der Waals surface area contributed by atoms with Gasteiger partial charge in [0.05, 0.1) is 0 Å². The van der Waals surface area contributed by atoms with Crippen molar-refractivity contribution in [2.24, 2.45) is 0 Å². The first kappa shape index (κ1) is 15.6. The Bertz CT molecular complexity index is 154. The maximum atomic E-state index is 5.44. The molecule has 0 aromatic rings. The van der Waals surface area contributed by atoms with E-state index >= 15 is 0 Å². The van der Waals surface area contributed by atoms with Gasteiger partial charge in [0.2, 0.25) is 0 Å². The Morgan fingerprint density at radius 3 is 2.00 bits per heavy atom. The van der Waals surface area contributed by atoms with Crippen LogP contribution >= 0.6 is 33.8 Å². The van der Waals surface area contributed by atoms with Crippen molar-refractivity contribution in [2.75, 3.05) is 18.8 Å². The van der Waals surface area contributed by atoms with E-state index in [1.807, 2.05) is 10.8 Å². The second-order valence-electron chi connectivity index (χ2n) is 3.45. The normalized spacial score (nSPS) is 10.3. The van der Waals surface area contributed by atoms with Crippen LogP contribution in [0, 0.1) is 0 Å². The molecule has 0 aliphatic rings. The van der Waals surface area contributed by atoms with E-state index < -0.39 is 0 Å². The van der Waals surface area contributed by atoms with Crippen LogP contribution in [0.15, 0.2) is 0 Å². The summed E-state index contributed by atoms with van der Waals surface area (Å²) in [7, 11) is 3.60. The summed E-state index contributed by atoms with van der Waals surface area (Å²) < 4.78 is 1.07. The van der Waals surface area contributed by atoms with E-state index in [0.29, 0.717) is 0 Å². The molecule has 1 nitrogen and oxygen atoms in total. The molecule has 0 amide bonds. The molecule has 0 N–H and O–H groups in total. The third-order valence-electron chi connectivity index (χ3n) is 2.07. The van der Waals surface area contributed by atoms with Crippen LogP contribution in [0.5, 0.6) is 0 Å². The van der Waals surface area contributed by atoms with Crippen LogP contribution in [0.4, 0.5) is 0 Å². The van der Waals surface area contributed by atoms with Crippen molar-refractivity contribution in [1.29, 1.82) is 0 Å². The Kier molecular flexibility index (Phi) is 11.5. The van der Waals surface area contributed by atoms with Crippen LogP contribution in [-0.4, -0.2) is 28.1 Å². The molecule has 0 bridgehead atoms. The predicted molar refractivity (Wildman–Crippen MR) is 79.7 cm³/mol. The summed E-state index contributed by atoms with van der Waals surface area (Å²) in [4.78, 5) is 2.37. The van der Waals surface area contributed by atoms with Gasteiger partial charge in [0.1, 0.15) is 4.32 Å². The monoisotopic (exact) mass is 265 g/mol. The molecule has 4 heteroatoms. The lowest BCUT2D eigenvalue weighted by Crippen LogP contribution is -2.29. The molecule has 0 fully saturated rings. The first-order valence-corrected chi connectivity index (χ1v) is 8.57. The standard InChI is InChI=1S/C11H23NS3/c1-4-7-9-12(10-8-5-2)11(13)15-14-6-3/h4-10H2,1-3H3. The van der Waals surface area contributed by atoms with Crippen molar-refractivity contribution < 1.29 is 0 Å². The summed E-state index contributed by atoms with van der Waals surface area (Å²) in [6, 6.07) is 0. The minimum atomic E-state index is 1.07. The first-order valence-electron chi connectivity index (χ1n) is 5.84. The van der Waals surface area contributed by atoms with Crippen molar-refractivity contribution in [1.82, 2.24) is 4.90 Å². The molecule has 0 unspecified atom stereocenters. The van der Waals surface area contributed by atoms with E-state index in [1.54, 1.807) is 10.8 Å². The third-order valence-corrected chi connectivity index (χ3v) is 5.18. The van der Waals surface area contributed by atoms with Crippen molar-refractivity contribution in [3.63, 3.8) is 0 Å². The molecule has 0 aromatic heterocycles. The van der Waals surface area contributed by atoms with Gasteiger partial charge in [0.15, 0.2) is 0 Å². The maximum absolute atomic E-state index is 5.44. The Morgan fingerprint density at radius 1 is 1.07 bits per heavy atom. The fourth-order valence-corrected chi connectivity index (χ4v) is 3.25. The summed E-state index contributed by atoms with van der Waals surface area (Å²) in [6.07, 6.45) is 5.00. The average molecular weight is 266 g/mol. The number of unbranched alkanes of at least 4 members (excludes halogenated alkanes) is 2. The van der Waals surface area contributed by atoms with E-state index in [4.69, 9.17) is 12.2 Å². The zero-order valence-corrected chi connectivity index (χ0v) is 12.6. The van der Waals surface area contributed by atoms with Crippen LogP contribution in [0.25, 0.3) is 0 Å². The van der Waals surface area contributed by atoms with Crippen molar-refractivity contribution in [3.05, 3.63) is 0 Å². The van der Waals surface area contributed by atoms with Crippen molar-refractivity contribution in [2.45, 2.75) is 46.5 Å². The van der Waals surface area contributed by atoms with Gasteiger partial charge in [-0.2, -0.15) is 0 Å². The Morgan fingerprint density at radius 2 is 1.60 bits per heavy atom. The summed E-state index contributed by atoms with van der Waals surface area (Å²) >= 11 is 5.44. The quantitative estimate of drug-likeness (QED) is 0.467. The minimum absolute atomic E-state index is 1.07. The van der Waals surface area contributed by atoms with Crippen LogP contribution in [0.2, 0.25) is 0 Å². The van der Waals surface area contributed by atoms with Crippen LogP contribution in [-0.2, 0) is 0 Å². The van der Waals surface area contributed by atoms with Gasteiger partial charge in [0, 0.05) is 18.8 Å². The molecule has 0 aliphatic heterocycles. The zero-order chi connectivity index (χ0) is 11.5. The highest BCUT2D eigenvalue weighted by Crippen LogP contribution is 2.24. The van der Waals surface area contributed by atoms with Crippen LogP contribution < -0.4 is 0 Å². The Labute approximate surface area is 108 Å². The fourth-order valence-electron chi connectivity index (χ4n) is 1.15. The SMILES string of the molecule is CCCCN(CCCC)C(=S)SSCC. The van der Waals surface area contributed by atoms with Gasteiger partial charge < -0.3 is 4.90 Å². The highest BCUT2D eigenvalue weighted by Gasteiger charge is 2.08. The number of thiocarbonyl (C=S) groups is 1. The lowest BCUT2D eigenvalue weighted by atomic mass is 10.3. The highest BCUT2D eigenvalue weighted by molar-refractivity contribution is 8.83. The first-order chi connectivity index (χ1) is 7.26. The van der Waals surface area contributed by atoms with Gasteiger partial charge in [-0.25, -0.2) is 0 Å².